The van der Waals surface area contributed by atoms with Gasteiger partial charge in [0.15, 0.2) is 0 Å². The van der Waals surface area contributed by atoms with E-state index in [2.05, 4.69) is 36.0 Å². The zero-order chi connectivity index (χ0) is 22.1. The summed E-state index contributed by atoms with van der Waals surface area (Å²) < 4.78 is 22.1. The third-order valence-electron chi connectivity index (χ3n) is 7.41. The second-order valence-corrected chi connectivity index (χ2v) is 9.63. The number of likely N-dealkylation sites (tertiary alicyclic amines) is 1. The maximum atomic E-state index is 15.9. The van der Waals surface area contributed by atoms with Crippen LogP contribution in [-0.2, 0) is 19.9 Å². The van der Waals surface area contributed by atoms with Crippen LogP contribution in [0, 0.1) is 12.7 Å². The van der Waals surface area contributed by atoms with Crippen LogP contribution >= 0.6 is 0 Å². The fourth-order valence-electron chi connectivity index (χ4n) is 5.50. The molecule has 3 unspecified atom stereocenters. The van der Waals surface area contributed by atoms with E-state index in [1.807, 2.05) is 19.1 Å². The lowest BCUT2D eigenvalue weighted by Crippen LogP contribution is -2.47. The first-order valence-electron chi connectivity index (χ1n) is 11.0. The number of pyridine rings is 1. The molecule has 6 nitrogen and oxygen atoms in total. The number of benzene rings is 1. The van der Waals surface area contributed by atoms with Gasteiger partial charge in [0.05, 0.1) is 11.4 Å². The quantitative estimate of drug-likeness (QED) is 0.603. The molecule has 7 heteroatoms. The number of fused-ring (bicyclic) bond motifs is 2. The van der Waals surface area contributed by atoms with Crippen LogP contribution in [0.1, 0.15) is 62.8 Å². The summed E-state index contributed by atoms with van der Waals surface area (Å²) in [4.78, 5) is 30.9. The molecule has 5 rings (SSSR count). The molecule has 164 valence electrons. The maximum absolute atomic E-state index is 15.9. The molecule has 1 N–H and O–H groups in total. The minimum absolute atomic E-state index is 0.266. The third kappa shape index (κ3) is 3.01. The Hall–Kier alpha value is -2.38. The van der Waals surface area contributed by atoms with Crippen LogP contribution in [0.2, 0.25) is 0 Å². The fraction of sp³-hybridized carbons (Fsp3) is 0.542. The maximum Gasteiger partial charge on any atom is 0.234 e. The zero-order valence-electron chi connectivity index (χ0n) is 18.4. The lowest BCUT2D eigenvalue weighted by atomic mass is 9.80. The van der Waals surface area contributed by atoms with E-state index >= 15 is 4.39 Å². The van der Waals surface area contributed by atoms with E-state index in [0.29, 0.717) is 40.2 Å². The number of hydrogen-bond donors (Lipinski definition) is 1. The molecule has 0 spiro atoms. The van der Waals surface area contributed by atoms with Gasteiger partial charge in [-0.25, -0.2) is 4.39 Å². The first-order valence-corrected chi connectivity index (χ1v) is 11.0. The number of halogens is 1. The molecule has 3 aliphatic rings. The Labute approximate surface area is 181 Å². The van der Waals surface area contributed by atoms with Gasteiger partial charge in [-0.3, -0.25) is 24.8 Å². The number of ether oxygens (including phenoxy) is 1. The third-order valence-corrected chi connectivity index (χ3v) is 7.41. The van der Waals surface area contributed by atoms with E-state index in [4.69, 9.17) is 4.74 Å². The summed E-state index contributed by atoms with van der Waals surface area (Å²) in [7, 11) is 0. The summed E-state index contributed by atoms with van der Waals surface area (Å²) in [6.07, 6.45) is 1.43. The Balaban J connectivity index is 1.55. The van der Waals surface area contributed by atoms with Crippen molar-refractivity contribution >= 4 is 22.7 Å². The molecule has 4 heterocycles. The molecule has 1 aromatic carbocycles. The highest BCUT2D eigenvalue weighted by atomic mass is 19.1. The number of nitrogens with zero attached hydrogens (tertiary/aromatic N) is 2. The van der Waals surface area contributed by atoms with Crippen molar-refractivity contribution in [3.05, 3.63) is 40.8 Å². The minimum atomic E-state index is -0.615. The van der Waals surface area contributed by atoms with Gasteiger partial charge >= 0.3 is 0 Å². The molecular weight excluding hydrogens is 397 g/mol. The Kier molecular flexibility index (Phi) is 4.51. The zero-order valence-corrected chi connectivity index (χ0v) is 18.4. The normalized spacial score (nSPS) is 31.1. The number of hydrogen-bond acceptors (Lipinski definition) is 5. The van der Waals surface area contributed by atoms with Crippen molar-refractivity contribution in [2.75, 3.05) is 13.1 Å². The van der Waals surface area contributed by atoms with E-state index in [9.17, 15) is 9.59 Å². The van der Waals surface area contributed by atoms with Crippen molar-refractivity contribution in [2.45, 2.75) is 70.1 Å². The highest BCUT2D eigenvalue weighted by Crippen LogP contribution is 2.61. The summed E-state index contributed by atoms with van der Waals surface area (Å²) in [5, 5.41) is 2.79. The summed E-state index contributed by atoms with van der Waals surface area (Å²) >= 11 is 0. The van der Waals surface area contributed by atoms with Gasteiger partial charge in [0.25, 0.3) is 0 Å². The van der Waals surface area contributed by atoms with Crippen LogP contribution in [0.25, 0.3) is 10.9 Å². The molecule has 0 bridgehead atoms. The number of piperidine rings is 2. The van der Waals surface area contributed by atoms with Gasteiger partial charge in [-0.2, -0.15) is 0 Å². The predicted octanol–water partition coefficient (Wildman–Crippen LogP) is 3.30. The topological polar surface area (TPSA) is 74.8 Å². The van der Waals surface area contributed by atoms with Crippen LogP contribution in [0.15, 0.2) is 18.2 Å². The number of amides is 2. The first kappa shape index (κ1) is 20.5. The van der Waals surface area contributed by atoms with Gasteiger partial charge in [0.1, 0.15) is 17.0 Å². The molecule has 3 aliphatic heterocycles. The Morgan fingerprint density at radius 2 is 2.10 bits per heavy atom. The number of aryl methyl sites for hydroxylation is 1. The summed E-state index contributed by atoms with van der Waals surface area (Å²) in [5.41, 5.74) is 1.48. The lowest BCUT2D eigenvalue weighted by Gasteiger charge is -2.35. The Bertz CT molecular complexity index is 1120. The number of carbonyl (C=O) groups excluding carboxylic acids is 2. The molecule has 2 amide bonds. The van der Waals surface area contributed by atoms with Gasteiger partial charge in [0, 0.05) is 42.2 Å². The SMILES string of the molecule is Cc1nc2ccc(C34CCN(C(C)C)CC3(C)O4)c(F)c2cc1C1CCC(=O)NC1=O. The average Bonchev–Trinajstić information content (AvgIpc) is 3.34. The second kappa shape index (κ2) is 6.81. The number of aromatic nitrogens is 1. The fourth-order valence-corrected chi connectivity index (χ4v) is 5.50. The van der Waals surface area contributed by atoms with E-state index in [-0.39, 0.29) is 24.1 Å². The number of nitrogens with one attached hydrogen (secondary N) is 1. The standard InChI is InChI=1S/C24H28FN3O3/c1-13(2)28-10-9-24(23(4,12-28)31-24)18-6-7-19-17(21(18)25)11-16(14(3)26-19)15-5-8-20(29)27-22(15)30/h6-7,11,13,15H,5,8-10,12H2,1-4H3,(H,27,29,30). The average molecular weight is 426 g/mol. The smallest absolute Gasteiger partial charge is 0.234 e. The molecule has 3 saturated heterocycles. The van der Waals surface area contributed by atoms with Gasteiger partial charge in [-0.05, 0) is 58.2 Å². The van der Waals surface area contributed by atoms with Crippen molar-refractivity contribution in [3.8, 4) is 0 Å². The molecule has 3 atom stereocenters. The van der Waals surface area contributed by atoms with E-state index in [1.165, 1.54) is 0 Å². The van der Waals surface area contributed by atoms with Gasteiger partial charge in [-0.1, -0.05) is 6.07 Å². The molecule has 3 fully saturated rings. The lowest BCUT2D eigenvalue weighted by molar-refractivity contribution is -0.134. The van der Waals surface area contributed by atoms with E-state index < -0.39 is 17.1 Å². The minimum Gasteiger partial charge on any atom is -0.356 e. The largest absolute Gasteiger partial charge is 0.356 e. The molecule has 0 radical (unpaired) electrons. The van der Waals surface area contributed by atoms with Crippen LogP contribution in [0.4, 0.5) is 4.39 Å². The molecular formula is C24H28FN3O3. The van der Waals surface area contributed by atoms with E-state index in [0.717, 1.165) is 19.5 Å². The summed E-state index contributed by atoms with van der Waals surface area (Å²) in [5.74, 6) is -1.42. The monoisotopic (exact) mass is 425 g/mol. The van der Waals surface area contributed by atoms with Crippen molar-refractivity contribution in [1.82, 2.24) is 15.2 Å². The molecule has 0 saturated carbocycles. The number of imide groups is 1. The molecule has 0 aliphatic carbocycles. The number of rotatable bonds is 3. The van der Waals surface area contributed by atoms with Crippen molar-refractivity contribution in [1.29, 1.82) is 0 Å². The molecule has 31 heavy (non-hydrogen) atoms. The predicted molar refractivity (Wildman–Crippen MR) is 114 cm³/mol. The van der Waals surface area contributed by atoms with Gasteiger partial charge in [-0.15, -0.1) is 0 Å². The second-order valence-electron chi connectivity index (χ2n) is 9.63. The van der Waals surface area contributed by atoms with Crippen molar-refractivity contribution < 1.29 is 18.7 Å². The summed E-state index contributed by atoms with van der Waals surface area (Å²) in [6.45, 7) is 9.85. The molecule has 2 aromatic rings. The van der Waals surface area contributed by atoms with Gasteiger partial charge < -0.3 is 4.74 Å². The van der Waals surface area contributed by atoms with Crippen molar-refractivity contribution in [3.63, 3.8) is 0 Å². The van der Waals surface area contributed by atoms with Crippen molar-refractivity contribution in [2.24, 2.45) is 0 Å². The van der Waals surface area contributed by atoms with E-state index in [1.54, 1.807) is 6.07 Å². The highest BCUT2D eigenvalue weighted by molar-refractivity contribution is 6.01. The first-order chi connectivity index (χ1) is 14.6. The Morgan fingerprint density at radius 3 is 2.77 bits per heavy atom. The Morgan fingerprint density at radius 1 is 1.32 bits per heavy atom. The molecule has 1 aromatic heterocycles. The number of carbonyl (C=O) groups is 2. The van der Waals surface area contributed by atoms with Crippen LogP contribution in [0.3, 0.4) is 0 Å². The van der Waals surface area contributed by atoms with Gasteiger partial charge in [0.2, 0.25) is 11.8 Å². The van der Waals surface area contributed by atoms with Crippen LogP contribution in [-0.4, -0.2) is 46.4 Å². The summed E-state index contributed by atoms with van der Waals surface area (Å²) in [6, 6.07) is 5.83. The van der Waals surface area contributed by atoms with Crippen LogP contribution in [0.5, 0.6) is 0 Å². The highest BCUT2D eigenvalue weighted by Gasteiger charge is 2.70. The number of epoxide rings is 1. The van der Waals surface area contributed by atoms with Crippen LogP contribution < -0.4 is 5.32 Å².